The minimum atomic E-state index is -1.00. The van der Waals surface area contributed by atoms with Gasteiger partial charge in [-0.1, -0.05) is 12.1 Å². The second-order valence-electron chi connectivity index (χ2n) is 10.8. The van der Waals surface area contributed by atoms with Gasteiger partial charge in [-0.25, -0.2) is 9.78 Å². The molecule has 0 spiro atoms. The van der Waals surface area contributed by atoms with Crippen molar-refractivity contribution in [2.75, 3.05) is 28.2 Å². The number of nitriles is 1. The first kappa shape index (κ1) is 25.4. The van der Waals surface area contributed by atoms with Gasteiger partial charge in [0.05, 0.1) is 34.8 Å². The Bertz CT molecular complexity index is 1740. The third kappa shape index (κ3) is 4.22. The summed E-state index contributed by atoms with van der Waals surface area (Å²) in [4.78, 5) is 35.2. The highest BCUT2D eigenvalue weighted by Crippen LogP contribution is 2.38. The van der Waals surface area contributed by atoms with E-state index in [0.717, 1.165) is 36.3 Å². The lowest BCUT2D eigenvalue weighted by atomic mass is 10.1. The molecule has 0 amide bonds. The number of aromatic carboxylic acids is 1. The van der Waals surface area contributed by atoms with E-state index in [4.69, 9.17) is 10.2 Å². The fraction of sp³-hybridized carbons (Fsp3) is 0.290. The second kappa shape index (κ2) is 9.72. The van der Waals surface area contributed by atoms with E-state index in [9.17, 15) is 14.7 Å². The summed E-state index contributed by atoms with van der Waals surface area (Å²) in [5, 5.41) is 22.1. The van der Waals surface area contributed by atoms with Crippen LogP contribution in [0.1, 0.15) is 52.0 Å². The molecule has 2 aliphatic rings. The average molecular weight is 535 g/mol. The van der Waals surface area contributed by atoms with Crippen molar-refractivity contribution in [3.8, 4) is 6.07 Å². The summed E-state index contributed by atoms with van der Waals surface area (Å²) in [5.74, 6) is -0.295. The number of nitrogens with zero attached hydrogens (tertiary/aromatic N) is 5. The number of carboxylic acid groups (broad SMARTS) is 1. The standard InChI is InChI=1S/C31H30N6O3/c1-18-12-26(20(3)33-27-7-5-4-6-25(27)31(39)40)29-34-28(19(2)30(38)37(29)15-18)36-17-23-13-24(36)16-35(23)22-10-8-21(14-32)9-11-22/h4-12,15,20,23-24,33H,13,16-17H2,1-3H3,(H,39,40)/t20-,23+,24+/m1/s1. The molecule has 4 aromatic rings. The summed E-state index contributed by atoms with van der Waals surface area (Å²) in [6.07, 6.45) is 2.79. The van der Waals surface area contributed by atoms with Gasteiger partial charge in [0, 0.05) is 42.3 Å². The van der Waals surface area contributed by atoms with Gasteiger partial charge in [0.1, 0.15) is 11.5 Å². The van der Waals surface area contributed by atoms with E-state index >= 15 is 0 Å². The van der Waals surface area contributed by atoms with Crippen LogP contribution in [-0.4, -0.2) is 45.6 Å². The van der Waals surface area contributed by atoms with Gasteiger partial charge in [0.15, 0.2) is 0 Å². The zero-order valence-electron chi connectivity index (χ0n) is 22.6. The molecule has 9 nitrogen and oxygen atoms in total. The molecule has 0 radical (unpaired) electrons. The Hall–Kier alpha value is -4.84. The molecule has 6 rings (SSSR count). The quantitative estimate of drug-likeness (QED) is 0.371. The van der Waals surface area contributed by atoms with Crippen LogP contribution in [0.25, 0.3) is 5.65 Å². The molecule has 2 aromatic carbocycles. The third-order valence-electron chi connectivity index (χ3n) is 8.13. The number of hydrogen-bond acceptors (Lipinski definition) is 7. The molecule has 2 N–H and O–H groups in total. The molecule has 2 fully saturated rings. The predicted octanol–water partition coefficient (Wildman–Crippen LogP) is 4.52. The normalized spacial score (nSPS) is 18.6. The van der Waals surface area contributed by atoms with Crippen LogP contribution in [0.15, 0.2) is 65.6 Å². The SMILES string of the molecule is Cc1cc([C@@H](C)Nc2ccccc2C(=O)O)c2nc(N3C[C@@H]4C[C@H]3CN4c3ccc(C#N)cc3)c(C)c(=O)n2c1. The van der Waals surface area contributed by atoms with Gasteiger partial charge in [-0.15, -0.1) is 0 Å². The van der Waals surface area contributed by atoms with Gasteiger partial charge < -0.3 is 20.2 Å². The van der Waals surface area contributed by atoms with Crippen molar-refractivity contribution in [3.63, 3.8) is 0 Å². The van der Waals surface area contributed by atoms with Crippen LogP contribution in [0.3, 0.4) is 0 Å². The molecule has 0 unspecified atom stereocenters. The summed E-state index contributed by atoms with van der Waals surface area (Å²) in [7, 11) is 0. The predicted molar refractivity (Wildman–Crippen MR) is 154 cm³/mol. The Morgan fingerprint density at radius 2 is 1.80 bits per heavy atom. The number of piperazine rings is 1. The molecule has 2 aliphatic heterocycles. The van der Waals surface area contributed by atoms with Crippen LogP contribution < -0.4 is 20.7 Å². The Labute approximate surface area is 231 Å². The molecule has 0 saturated carbocycles. The monoisotopic (exact) mass is 534 g/mol. The molecule has 2 saturated heterocycles. The number of anilines is 3. The van der Waals surface area contributed by atoms with Crippen LogP contribution in [0.4, 0.5) is 17.2 Å². The Morgan fingerprint density at radius 3 is 2.48 bits per heavy atom. The van der Waals surface area contributed by atoms with Crippen molar-refractivity contribution in [2.45, 2.75) is 45.3 Å². The van der Waals surface area contributed by atoms with E-state index in [0.29, 0.717) is 34.3 Å². The maximum atomic E-state index is 13.6. The summed E-state index contributed by atoms with van der Waals surface area (Å²) < 4.78 is 1.61. The molecular formula is C31H30N6O3. The number of carbonyl (C=O) groups is 1. The third-order valence-corrected chi connectivity index (χ3v) is 8.13. The number of benzene rings is 2. The molecule has 3 atom stereocenters. The molecule has 40 heavy (non-hydrogen) atoms. The fourth-order valence-electron chi connectivity index (χ4n) is 6.16. The van der Waals surface area contributed by atoms with Crippen molar-refractivity contribution in [1.29, 1.82) is 5.26 Å². The van der Waals surface area contributed by atoms with Crippen molar-refractivity contribution in [1.82, 2.24) is 9.38 Å². The lowest BCUT2D eigenvalue weighted by molar-refractivity contribution is 0.0698. The highest BCUT2D eigenvalue weighted by atomic mass is 16.4. The van der Waals surface area contributed by atoms with Crippen LogP contribution in [0, 0.1) is 25.2 Å². The molecule has 0 aliphatic carbocycles. The molecule has 2 bridgehead atoms. The van der Waals surface area contributed by atoms with Gasteiger partial charge in [-0.2, -0.15) is 5.26 Å². The Kier molecular flexibility index (Phi) is 6.18. The van der Waals surface area contributed by atoms with Crippen LogP contribution in [-0.2, 0) is 0 Å². The summed E-state index contributed by atoms with van der Waals surface area (Å²) in [6.45, 7) is 7.31. The zero-order chi connectivity index (χ0) is 28.1. The lowest BCUT2D eigenvalue weighted by Crippen LogP contribution is -2.47. The van der Waals surface area contributed by atoms with Gasteiger partial charge in [-0.3, -0.25) is 9.20 Å². The van der Waals surface area contributed by atoms with Crippen molar-refractivity contribution < 1.29 is 9.90 Å². The van der Waals surface area contributed by atoms with E-state index < -0.39 is 5.97 Å². The number of pyridine rings is 1. The van der Waals surface area contributed by atoms with E-state index in [1.807, 2.05) is 57.3 Å². The molecule has 9 heteroatoms. The number of hydrogen-bond donors (Lipinski definition) is 2. The van der Waals surface area contributed by atoms with Crippen molar-refractivity contribution in [3.05, 3.63) is 99.0 Å². The number of fused-ring (bicyclic) bond motifs is 3. The summed E-state index contributed by atoms with van der Waals surface area (Å²) in [5.41, 5.74) is 5.26. The molecule has 4 heterocycles. The molecule has 2 aromatic heterocycles. The number of para-hydroxylation sites is 1. The van der Waals surface area contributed by atoms with Gasteiger partial charge >= 0.3 is 5.97 Å². The highest BCUT2D eigenvalue weighted by Gasteiger charge is 2.44. The summed E-state index contributed by atoms with van der Waals surface area (Å²) in [6, 6.07) is 18.9. The van der Waals surface area contributed by atoms with Gasteiger partial charge in [0.25, 0.3) is 5.56 Å². The Morgan fingerprint density at radius 1 is 1.10 bits per heavy atom. The van der Waals surface area contributed by atoms with E-state index in [-0.39, 0.29) is 23.2 Å². The number of rotatable bonds is 6. The minimum absolute atomic E-state index is 0.102. The number of aryl methyl sites for hydroxylation is 1. The number of nitrogens with one attached hydrogen (secondary N) is 1. The van der Waals surface area contributed by atoms with Gasteiger partial charge in [-0.05, 0) is 75.2 Å². The highest BCUT2D eigenvalue weighted by molar-refractivity contribution is 5.94. The largest absolute Gasteiger partial charge is 0.478 e. The Balaban J connectivity index is 1.35. The van der Waals surface area contributed by atoms with Crippen LogP contribution in [0.2, 0.25) is 0 Å². The topological polar surface area (TPSA) is 114 Å². The first-order valence-corrected chi connectivity index (χ1v) is 13.4. The van der Waals surface area contributed by atoms with Crippen LogP contribution >= 0.6 is 0 Å². The smallest absolute Gasteiger partial charge is 0.337 e. The van der Waals surface area contributed by atoms with Crippen LogP contribution in [0.5, 0.6) is 0 Å². The molecule has 202 valence electrons. The van der Waals surface area contributed by atoms with Crippen molar-refractivity contribution >= 4 is 28.8 Å². The zero-order valence-corrected chi connectivity index (χ0v) is 22.6. The first-order chi connectivity index (χ1) is 19.2. The molecular weight excluding hydrogens is 504 g/mol. The van der Waals surface area contributed by atoms with E-state index in [1.165, 1.54) is 0 Å². The van der Waals surface area contributed by atoms with E-state index in [1.54, 1.807) is 28.7 Å². The minimum Gasteiger partial charge on any atom is -0.478 e. The number of carboxylic acids is 1. The van der Waals surface area contributed by atoms with Crippen molar-refractivity contribution in [2.24, 2.45) is 0 Å². The second-order valence-corrected chi connectivity index (χ2v) is 10.8. The lowest BCUT2D eigenvalue weighted by Gasteiger charge is -2.37. The summed E-state index contributed by atoms with van der Waals surface area (Å²) >= 11 is 0. The number of aromatic nitrogens is 2. The fourth-order valence-corrected chi connectivity index (χ4v) is 6.16. The maximum Gasteiger partial charge on any atom is 0.337 e. The van der Waals surface area contributed by atoms with Gasteiger partial charge in [0.2, 0.25) is 0 Å². The maximum absolute atomic E-state index is 13.6. The average Bonchev–Trinajstić information content (AvgIpc) is 3.56. The van der Waals surface area contributed by atoms with E-state index in [2.05, 4.69) is 21.2 Å². The first-order valence-electron chi connectivity index (χ1n) is 13.4.